The summed E-state index contributed by atoms with van der Waals surface area (Å²) in [5.74, 6) is -0.0873. The van der Waals surface area contributed by atoms with E-state index in [1.807, 2.05) is 0 Å². The molecule has 2 aromatic carbocycles. The Hall–Kier alpha value is -3.42. The van der Waals surface area contributed by atoms with Crippen LogP contribution in [0.2, 0.25) is 0 Å². The number of fused-ring (bicyclic) bond motifs is 1. The van der Waals surface area contributed by atoms with Crippen LogP contribution in [0.5, 0.6) is 11.5 Å². The summed E-state index contributed by atoms with van der Waals surface area (Å²) in [6, 6.07) is 10.5. The van der Waals surface area contributed by atoms with Crippen LogP contribution >= 0.6 is 0 Å². The van der Waals surface area contributed by atoms with E-state index in [0.29, 0.717) is 36.2 Å². The van der Waals surface area contributed by atoms with Crippen LogP contribution in [-0.4, -0.2) is 24.3 Å². The molecule has 6 nitrogen and oxygen atoms in total. The number of amides is 1. The summed E-state index contributed by atoms with van der Waals surface area (Å²) in [4.78, 5) is 12.1. The van der Waals surface area contributed by atoms with E-state index in [4.69, 9.17) is 14.0 Å². The molecular weight excluding hydrogens is 370 g/mol. The second-order valence-corrected chi connectivity index (χ2v) is 6.19. The minimum Gasteiger partial charge on any atom is -0.486 e. The van der Waals surface area contributed by atoms with Gasteiger partial charge in [0.2, 0.25) is 5.91 Å². The Morgan fingerprint density at radius 3 is 2.57 bits per heavy atom. The third-order valence-electron chi connectivity index (χ3n) is 4.25. The van der Waals surface area contributed by atoms with Gasteiger partial charge in [-0.25, -0.2) is 8.78 Å². The van der Waals surface area contributed by atoms with E-state index in [1.54, 1.807) is 24.3 Å². The molecule has 1 amide bonds. The number of ether oxygens (including phenoxy) is 2. The van der Waals surface area contributed by atoms with E-state index in [2.05, 4.69) is 10.5 Å². The van der Waals surface area contributed by atoms with Gasteiger partial charge in [0, 0.05) is 23.7 Å². The highest BCUT2D eigenvalue weighted by molar-refractivity contribution is 5.78. The lowest BCUT2D eigenvalue weighted by atomic mass is 10.1. The molecule has 2 heterocycles. The molecule has 0 atom stereocenters. The normalized spacial score (nSPS) is 12.6. The van der Waals surface area contributed by atoms with E-state index in [1.165, 1.54) is 6.07 Å². The molecule has 0 fully saturated rings. The molecule has 28 heavy (non-hydrogen) atoms. The average molecular weight is 386 g/mol. The third kappa shape index (κ3) is 3.80. The number of nitrogens with one attached hydrogen (secondary N) is 1. The molecule has 0 spiro atoms. The number of nitrogens with zero attached hydrogens (tertiary/aromatic N) is 1. The molecule has 4 rings (SSSR count). The first-order chi connectivity index (χ1) is 13.6. The molecule has 8 heteroatoms. The summed E-state index contributed by atoms with van der Waals surface area (Å²) in [5, 5.41) is 6.36. The standard InChI is InChI=1S/C20H16F2N2O4/c21-15-2-1-3-16(22)14(15)11-23-20(25)10-13-9-18(28-24-13)12-4-5-17-19(8-12)27-7-6-26-17/h1-5,8-9H,6-7,10-11H2,(H,23,25). The second kappa shape index (κ2) is 7.67. The molecule has 3 aromatic rings. The molecule has 1 aliphatic heterocycles. The van der Waals surface area contributed by atoms with Crippen LogP contribution < -0.4 is 14.8 Å². The fourth-order valence-electron chi connectivity index (χ4n) is 2.84. The van der Waals surface area contributed by atoms with Crippen molar-refractivity contribution in [1.82, 2.24) is 10.5 Å². The van der Waals surface area contributed by atoms with E-state index in [-0.39, 0.29) is 18.5 Å². The summed E-state index contributed by atoms with van der Waals surface area (Å²) in [5.41, 5.74) is 0.946. The van der Waals surface area contributed by atoms with Gasteiger partial charge < -0.3 is 19.3 Å². The van der Waals surface area contributed by atoms with Crippen molar-refractivity contribution in [3.05, 3.63) is 65.4 Å². The van der Waals surface area contributed by atoms with Gasteiger partial charge in [-0.2, -0.15) is 0 Å². The number of carbonyl (C=O) groups excluding carboxylic acids is 1. The number of halogens is 2. The molecule has 1 aliphatic rings. The summed E-state index contributed by atoms with van der Waals surface area (Å²) in [6.07, 6.45) is -0.0792. The number of carbonyl (C=O) groups is 1. The number of aromatic nitrogens is 1. The van der Waals surface area contributed by atoms with Crippen LogP contribution in [-0.2, 0) is 17.8 Å². The molecule has 0 saturated heterocycles. The van der Waals surface area contributed by atoms with Crippen LogP contribution in [0.15, 0.2) is 47.0 Å². The molecule has 0 aliphatic carbocycles. The van der Waals surface area contributed by atoms with Crippen molar-refractivity contribution in [1.29, 1.82) is 0 Å². The predicted octanol–water partition coefficient (Wildman–Crippen LogP) is 3.25. The highest BCUT2D eigenvalue weighted by atomic mass is 19.1. The summed E-state index contributed by atoms with van der Waals surface area (Å²) >= 11 is 0. The largest absolute Gasteiger partial charge is 0.486 e. The van der Waals surface area contributed by atoms with E-state index >= 15 is 0 Å². The Morgan fingerprint density at radius 1 is 1.04 bits per heavy atom. The van der Waals surface area contributed by atoms with Crippen molar-refractivity contribution in [2.75, 3.05) is 13.2 Å². The fraction of sp³-hybridized carbons (Fsp3) is 0.200. The van der Waals surface area contributed by atoms with E-state index < -0.39 is 17.5 Å². The van der Waals surface area contributed by atoms with Gasteiger partial charge in [0.15, 0.2) is 17.3 Å². The molecule has 1 aromatic heterocycles. The van der Waals surface area contributed by atoms with Crippen molar-refractivity contribution in [2.24, 2.45) is 0 Å². The van der Waals surface area contributed by atoms with Crippen molar-refractivity contribution in [3.8, 4) is 22.8 Å². The zero-order valence-corrected chi connectivity index (χ0v) is 14.7. The second-order valence-electron chi connectivity index (χ2n) is 6.19. The maximum Gasteiger partial charge on any atom is 0.226 e. The lowest BCUT2D eigenvalue weighted by Crippen LogP contribution is -2.25. The predicted molar refractivity (Wildman–Crippen MR) is 94.8 cm³/mol. The Bertz CT molecular complexity index is 999. The average Bonchev–Trinajstić information content (AvgIpc) is 3.15. The Labute approximate surface area is 159 Å². The number of rotatable bonds is 5. The SMILES string of the molecule is O=C(Cc1cc(-c2ccc3c(c2)OCCO3)on1)NCc1c(F)cccc1F. The van der Waals surface area contributed by atoms with Crippen LogP contribution in [0.1, 0.15) is 11.3 Å². The maximum atomic E-state index is 13.6. The minimum atomic E-state index is -0.706. The smallest absolute Gasteiger partial charge is 0.226 e. The molecule has 0 radical (unpaired) electrons. The van der Waals surface area contributed by atoms with Gasteiger partial charge in [-0.15, -0.1) is 0 Å². The van der Waals surface area contributed by atoms with Gasteiger partial charge in [0.25, 0.3) is 0 Å². The van der Waals surface area contributed by atoms with Gasteiger partial charge >= 0.3 is 0 Å². The van der Waals surface area contributed by atoms with Crippen LogP contribution in [0, 0.1) is 11.6 Å². The first kappa shape index (κ1) is 18.0. The summed E-state index contributed by atoms with van der Waals surface area (Å²) < 4.78 is 43.5. The van der Waals surface area contributed by atoms with E-state index in [9.17, 15) is 13.6 Å². The van der Waals surface area contributed by atoms with Crippen molar-refractivity contribution < 1.29 is 27.6 Å². The van der Waals surface area contributed by atoms with Gasteiger partial charge in [0.05, 0.1) is 12.1 Å². The molecule has 144 valence electrons. The summed E-state index contributed by atoms with van der Waals surface area (Å²) in [7, 11) is 0. The molecular formula is C20H16F2N2O4. The topological polar surface area (TPSA) is 73.6 Å². The summed E-state index contributed by atoms with van der Waals surface area (Å²) in [6.45, 7) is 0.732. The van der Waals surface area contributed by atoms with Gasteiger partial charge in [-0.3, -0.25) is 4.79 Å². The zero-order chi connectivity index (χ0) is 19.5. The highest BCUT2D eigenvalue weighted by Gasteiger charge is 2.16. The monoisotopic (exact) mass is 386 g/mol. The van der Waals surface area contributed by atoms with Crippen molar-refractivity contribution in [2.45, 2.75) is 13.0 Å². The van der Waals surface area contributed by atoms with E-state index in [0.717, 1.165) is 17.7 Å². The van der Waals surface area contributed by atoms with Gasteiger partial charge in [-0.1, -0.05) is 11.2 Å². The number of benzene rings is 2. The quantitative estimate of drug-likeness (QED) is 0.729. The van der Waals surface area contributed by atoms with Crippen LogP contribution in [0.3, 0.4) is 0 Å². The van der Waals surface area contributed by atoms with Crippen LogP contribution in [0.4, 0.5) is 8.78 Å². The minimum absolute atomic E-state index is 0.0792. The highest BCUT2D eigenvalue weighted by Crippen LogP contribution is 2.34. The maximum absolute atomic E-state index is 13.6. The first-order valence-corrected chi connectivity index (χ1v) is 8.65. The van der Waals surface area contributed by atoms with Crippen molar-refractivity contribution >= 4 is 5.91 Å². The Morgan fingerprint density at radius 2 is 1.79 bits per heavy atom. The molecule has 0 saturated carbocycles. The lowest BCUT2D eigenvalue weighted by molar-refractivity contribution is -0.120. The zero-order valence-electron chi connectivity index (χ0n) is 14.7. The number of hydrogen-bond donors (Lipinski definition) is 1. The molecule has 1 N–H and O–H groups in total. The fourth-order valence-corrected chi connectivity index (χ4v) is 2.84. The number of hydrogen-bond acceptors (Lipinski definition) is 5. The van der Waals surface area contributed by atoms with Gasteiger partial charge in [-0.05, 0) is 30.3 Å². The Balaban J connectivity index is 1.40. The van der Waals surface area contributed by atoms with Crippen LogP contribution in [0.25, 0.3) is 11.3 Å². The van der Waals surface area contributed by atoms with Crippen molar-refractivity contribution in [3.63, 3.8) is 0 Å². The Kier molecular flexibility index (Phi) is 4.92. The lowest BCUT2D eigenvalue weighted by Gasteiger charge is -2.18. The molecule has 0 bridgehead atoms. The van der Waals surface area contributed by atoms with Gasteiger partial charge in [0.1, 0.15) is 24.8 Å². The molecule has 0 unspecified atom stereocenters. The first-order valence-electron chi connectivity index (χ1n) is 8.65. The third-order valence-corrected chi connectivity index (χ3v) is 4.25.